The topological polar surface area (TPSA) is 59.6 Å². The lowest BCUT2D eigenvalue weighted by Crippen LogP contribution is -2.39. The smallest absolute Gasteiger partial charge is 0.246 e. The Labute approximate surface area is 103 Å². The zero-order valence-corrected chi connectivity index (χ0v) is 10.8. The second kappa shape index (κ2) is 8.44. The fraction of sp³-hybridized carbons (Fsp3) is 0.917. The van der Waals surface area contributed by atoms with Gasteiger partial charge in [0.25, 0.3) is 0 Å². The van der Waals surface area contributed by atoms with Crippen LogP contribution in [-0.4, -0.2) is 51.5 Å². The Kier molecular flexibility index (Phi) is 7.16. The molecule has 100 valence electrons. The van der Waals surface area contributed by atoms with E-state index in [-0.39, 0.29) is 24.7 Å². The molecule has 0 bridgehead atoms. The van der Waals surface area contributed by atoms with Crippen LogP contribution in [0.15, 0.2) is 0 Å². The Balaban J connectivity index is 2.07. The van der Waals surface area contributed by atoms with Gasteiger partial charge in [0.15, 0.2) is 0 Å². The maximum atomic E-state index is 11.6. The van der Waals surface area contributed by atoms with E-state index in [0.717, 1.165) is 32.4 Å². The van der Waals surface area contributed by atoms with Gasteiger partial charge in [-0.05, 0) is 39.3 Å². The Morgan fingerprint density at radius 1 is 1.47 bits per heavy atom. The second-order valence-corrected chi connectivity index (χ2v) is 4.51. The van der Waals surface area contributed by atoms with E-state index < -0.39 is 0 Å². The van der Waals surface area contributed by atoms with Crippen molar-refractivity contribution in [2.45, 2.75) is 38.3 Å². The summed E-state index contributed by atoms with van der Waals surface area (Å²) in [5.74, 6) is -0.0351. The normalized spacial score (nSPS) is 18.9. The molecular formula is C12H24N2O3. The SMILES string of the molecule is COCCC(C)NC(=O)COC1CCNCC1. The molecule has 1 amide bonds. The molecule has 1 heterocycles. The summed E-state index contributed by atoms with van der Waals surface area (Å²) >= 11 is 0. The quantitative estimate of drug-likeness (QED) is 0.676. The van der Waals surface area contributed by atoms with Gasteiger partial charge >= 0.3 is 0 Å². The van der Waals surface area contributed by atoms with E-state index in [9.17, 15) is 4.79 Å². The third kappa shape index (κ3) is 6.61. The van der Waals surface area contributed by atoms with Gasteiger partial charge in [0.05, 0.1) is 6.10 Å². The summed E-state index contributed by atoms with van der Waals surface area (Å²) in [7, 11) is 1.66. The third-order valence-corrected chi connectivity index (χ3v) is 2.90. The van der Waals surface area contributed by atoms with E-state index in [1.54, 1.807) is 7.11 Å². The molecule has 5 heteroatoms. The number of piperidine rings is 1. The van der Waals surface area contributed by atoms with Crippen LogP contribution in [0, 0.1) is 0 Å². The molecule has 1 fully saturated rings. The molecule has 0 saturated carbocycles. The number of hydrogen-bond donors (Lipinski definition) is 2. The molecule has 1 unspecified atom stereocenters. The van der Waals surface area contributed by atoms with Crippen molar-refractivity contribution in [3.05, 3.63) is 0 Å². The molecule has 0 aromatic carbocycles. The Bertz CT molecular complexity index is 218. The number of hydrogen-bond acceptors (Lipinski definition) is 4. The van der Waals surface area contributed by atoms with Crippen LogP contribution in [0.4, 0.5) is 0 Å². The van der Waals surface area contributed by atoms with Crippen LogP contribution in [0.5, 0.6) is 0 Å². The summed E-state index contributed by atoms with van der Waals surface area (Å²) in [6.45, 7) is 4.77. The van der Waals surface area contributed by atoms with Crippen LogP contribution in [0.25, 0.3) is 0 Å². The maximum Gasteiger partial charge on any atom is 0.246 e. The lowest BCUT2D eigenvalue weighted by Gasteiger charge is -2.23. The van der Waals surface area contributed by atoms with Crippen molar-refractivity contribution in [1.29, 1.82) is 0 Å². The molecule has 1 rings (SSSR count). The number of amides is 1. The molecule has 17 heavy (non-hydrogen) atoms. The van der Waals surface area contributed by atoms with Gasteiger partial charge in [0.2, 0.25) is 5.91 Å². The van der Waals surface area contributed by atoms with Crippen molar-refractivity contribution in [1.82, 2.24) is 10.6 Å². The zero-order chi connectivity index (χ0) is 12.5. The lowest BCUT2D eigenvalue weighted by molar-refractivity contribution is -0.128. The summed E-state index contributed by atoms with van der Waals surface area (Å²) < 4.78 is 10.5. The molecular weight excluding hydrogens is 220 g/mol. The van der Waals surface area contributed by atoms with E-state index in [2.05, 4.69) is 10.6 Å². The number of rotatable bonds is 7. The van der Waals surface area contributed by atoms with Gasteiger partial charge in [-0.25, -0.2) is 0 Å². The predicted octanol–water partition coefficient (Wildman–Crippen LogP) is 0.296. The van der Waals surface area contributed by atoms with Gasteiger partial charge in [-0.15, -0.1) is 0 Å². The Morgan fingerprint density at radius 2 is 2.18 bits per heavy atom. The minimum Gasteiger partial charge on any atom is -0.385 e. The van der Waals surface area contributed by atoms with Crippen LogP contribution < -0.4 is 10.6 Å². The molecule has 1 atom stereocenters. The summed E-state index contributed by atoms with van der Waals surface area (Å²) in [5, 5.41) is 6.16. The zero-order valence-electron chi connectivity index (χ0n) is 10.8. The molecule has 1 aliphatic heterocycles. The average Bonchev–Trinajstić information content (AvgIpc) is 2.35. The first kappa shape index (κ1) is 14.4. The molecule has 0 aromatic rings. The number of carbonyl (C=O) groups excluding carboxylic acids is 1. The molecule has 0 radical (unpaired) electrons. The fourth-order valence-electron chi connectivity index (χ4n) is 1.84. The van der Waals surface area contributed by atoms with Crippen molar-refractivity contribution < 1.29 is 14.3 Å². The summed E-state index contributed by atoms with van der Waals surface area (Å²) in [6, 6.07) is 0.138. The van der Waals surface area contributed by atoms with Crippen LogP contribution in [0.1, 0.15) is 26.2 Å². The van der Waals surface area contributed by atoms with Crippen LogP contribution in [-0.2, 0) is 14.3 Å². The van der Waals surface area contributed by atoms with Crippen molar-refractivity contribution in [2.75, 3.05) is 33.4 Å². The number of carbonyl (C=O) groups is 1. The first-order valence-corrected chi connectivity index (χ1v) is 6.33. The molecule has 0 aliphatic carbocycles. The average molecular weight is 244 g/mol. The van der Waals surface area contributed by atoms with E-state index in [4.69, 9.17) is 9.47 Å². The number of ether oxygens (including phenoxy) is 2. The van der Waals surface area contributed by atoms with Crippen molar-refractivity contribution >= 4 is 5.91 Å². The second-order valence-electron chi connectivity index (χ2n) is 4.51. The summed E-state index contributed by atoms with van der Waals surface area (Å²) in [4.78, 5) is 11.6. The molecule has 2 N–H and O–H groups in total. The van der Waals surface area contributed by atoms with Gasteiger partial charge in [-0.3, -0.25) is 4.79 Å². The van der Waals surface area contributed by atoms with Crippen molar-refractivity contribution in [2.24, 2.45) is 0 Å². The molecule has 1 saturated heterocycles. The van der Waals surface area contributed by atoms with E-state index >= 15 is 0 Å². The Morgan fingerprint density at radius 3 is 2.82 bits per heavy atom. The highest BCUT2D eigenvalue weighted by Gasteiger charge is 2.15. The minimum absolute atomic E-state index is 0.0351. The van der Waals surface area contributed by atoms with Crippen LogP contribution >= 0.6 is 0 Å². The van der Waals surface area contributed by atoms with Crippen LogP contribution in [0.2, 0.25) is 0 Å². The third-order valence-electron chi connectivity index (χ3n) is 2.90. The Hall–Kier alpha value is -0.650. The maximum absolute atomic E-state index is 11.6. The highest BCUT2D eigenvalue weighted by Crippen LogP contribution is 2.06. The van der Waals surface area contributed by atoms with Gasteiger partial charge in [-0.2, -0.15) is 0 Å². The van der Waals surface area contributed by atoms with E-state index in [0.29, 0.717) is 6.61 Å². The minimum atomic E-state index is -0.0351. The highest BCUT2D eigenvalue weighted by molar-refractivity contribution is 5.77. The van der Waals surface area contributed by atoms with Crippen molar-refractivity contribution in [3.63, 3.8) is 0 Å². The molecule has 1 aliphatic rings. The largest absolute Gasteiger partial charge is 0.385 e. The van der Waals surface area contributed by atoms with Crippen LogP contribution in [0.3, 0.4) is 0 Å². The van der Waals surface area contributed by atoms with Gasteiger partial charge in [0, 0.05) is 19.8 Å². The lowest BCUT2D eigenvalue weighted by atomic mass is 10.1. The van der Waals surface area contributed by atoms with E-state index in [1.807, 2.05) is 6.92 Å². The first-order chi connectivity index (χ1) is 8.22. The van der Waals surface area contributed by atoms with Gasteiger partial charge in [0.1, 0.15) is 6.61 Å². The molecule has 0 spiro atoms. The first-order valence-electron chi connectivity index (χ1n) is 6.33. The molecule has 5 nitrogen and oxygen atoms in total. The highest BCUT2D eigenvalue weighted by atomic mass is 16.5. The standard InChI is InChI=1S/C12H24N2O3/c1-10(5-8-16-2)14-12(15)9-17-11-3-6-13-7-4-11/h10-11,13H,3-9H2,1-2H3,(H,14,15). The monoisotopic (exact) mass is 244 g/mol. The number of nitrogens with one attached hydrogen (secondary N) is 2. The van der Waals surface area contributed by atoms with E-state index in [1.165, 1.54) is 0 Å². The summed E-state index contributed by atoms with van der Waals surface area (Å²) in [5.41, 5.74) is 0. The molecule has 0 aromatic heterocycles. The van der Waals surface area contributed by atoms with Crippen molar-refractivity contribution in [3.8, 4) is 0 Å². The summed E-state index contributed by atoms with van der Waals surface area (Å²) in [6.07, 6.45) is 3.05. The fourth-order valence-corrected chi connectivity index (χ4v) is 1.84. The van der Waals surface area contributed by atoms with Gasteiger partial charge in [-0.1, -0.05) is 0 Å². The number of methoxy groups -OCH3 is 1. The predicted molar refractivity (Wildman–Crippen MR) is 65.9 cm³/mol. The van der Waals surface area contributed by atoms with Gasteiger partial charge < -0.3 is 20.1 Å².